The first-order valence-electron chi connectivity index (χ1n) is 12.5. The van der Waals surface area contributed by atoms with Gasteiger partial charge < -0.3 is 9.42 Å². The van der Waals surface area contributed by atoms with Crippen LogP contribution in [0.4, 0.5) is 0 Å². The first-order valence-corrected chi connectivity index (χ1v) is 15.2. The highest BCUT2D eigenvalue weighted by Crippen LogP contribution is 2.27. The normalized spacial score (nSPS) is 15.0. The van der Waals surface area contributed by atoms with Crippen LogP contribution in [0.2, 0.25) is 0 Å². The number of benzene rings is 2. The maximum absolute atomic E-state index is 13.3. The van der Waals surface area contributed by atoms with Crippen LogP contribution in [0, 0.1) is 0 Å². The molecule has 2 heterocycles. The number of hydrogen-bond acceptors (Lipinski definition) is 7. The number of carbonyl (C=O) groups is 1. The van der Waals surface area contributed by atoms with Gasteiger partial charge in [-0.05, 0) is 48.3 Å². The lowest BCUT2D eigenvalue weighted by atomic mass is 9.87. The number of carbonyl (C=O) groups excluding carboxylic acids is 1. The van der Waals surface area contributed by atoms with Gasteiger partial charge in [0.15, 0.2) is 0 Å². The first-order chi connectivity index (χ1) is 17.6. The summed E-state index contributed by atoms with van der Waals surface area (Å²) in [5.41, 5.74) is 2.42. The Bertz CT molecular complexity index is 1340. The van der Waals surface area contributed by atoms with E-state index in [1.54, 1.807) is 6.07 Å². The first kappa shape index (κ1) is 27.3. The Labute approximate surface area is 223 Å². The lowest BCUT2D eigenvalue weighted by molar-refractivity contribution is 0.0758. The molecule has 0 spiro atoms. The molecule has 3 aromatic rings. The van der Waals surface area contributed by atoms with Crippen LogP contribution < -0.4 is 4.72 Å². The second-order valence-electron chi connectivity index (χ2n) is 10.2. The molecule has 0 radical (unpaired) electrons. The number of likely N-dealkylation sites (tertiary alicyclic amines) is 1. The SMILES string of the molecule is CSc1ccc(S(=O)(=O)NCc2nc(-c3ccc(C(C)(C)C)cc3)no2)cc1C(=O)N1CCCCCC1. The van der Waals surface area contributed by atoms with E-state index in [9.17, 15) is 13.2 Å². The molecule has 0 aliphatic carbocycles. The van der Waals surface area contributed by atoms with Crippen LogP contribution in [0.5, 0.6) is 0 Å². The van der Waals surface area contributed by atoms with E-state index in [2.05, 4.69) is 35.6 Å². The molecule has 2 aromatic carbocycles. The maximum atomic E-state index is 13.3. The third kappa shape index (κ3) is 6.61. The molecule has 0 unspecified atom stereocenters. The van der Waals surface area contributed by atoms with Crippen molar-refractivity contribution in [2.24, 2.45) is 0 Å². The molecule has 0 atom stereocenters. The molecule has 0 bridgehead atoms. The van der Waals surface area contributed by atoms with Gasteiger partial charge in [0.05, 0.1) is 17.0 Å². The number of rotatable bonds is 7. The fourth-order valence-electron chi connectivity index (χ4n) is 4.27. The van der Waals surface area contributed by atoms with Gasteiger partial charge in [0.1, 0.15) is 0 Å². The van der Waals surface area contributed by atoms with Gasteiger partial charge in [0.2, 0.25) is 21.7 Å². The lowest BCUT2D eigenvalue weighted by Crippen LogP contribution is -2.32. The van der Waals surface area contributed by atoms with Crippen molar-refractivity contribution in [1.29, 1.82) is 0 Å². The molecule has 198 valence electrons. The van der Waals surface area contributed by atoms with Gasteiger partial charge in [-0.1, -0.05) is 63.0 Å². The van der Waals surface area contributed by atoms with E-state index in [-0.39, 0.29) is 28.7 Å². The van der Waals surface area contributed by atoms with Gasteiger partial charge in [-0.15, -0.1) is 11.8 Å². The molecule has 10 heteroatoms. The molecular formula is C27H34N4O4S2. The Kier molecular flexibility index (Phi) is 8.40. The summed E-state index contributed by atoms with van der Waals surface area (Å²) in [6.07, 6.45) is 6.03. The quantitative estimate of drug-likeness (QED) is 0.407. The Morgan fingerprint density at radius 1 is 1.05 bits per heavy atom. The summed E-state index contributed by atoms with van der Waals surface area (Å²) in [6.45, 7) is 7.66. The van der Waals surface area contributed by atoms with Crippen LogP contribution in [-0.2, 0) is 22.0 Å². The number of aromatic nitrogens is 2. The van der Waals surface area contributed by atoms with E-state index in [0.717, 1.165) is 36.1 Å². The van der Waals surface area contributed by atoms with Gasteiger partial charge in [-0.3, -0.25) is 4.79 Å². The van der Waals surface area contributed by atoms with Crippen LogP contribution in [0.3, 0.4) is 0 Å². The maximum Gasteiger partial charge on any atom is 0.255 e. The summed E-state index contributed by atoms with van der Waals surface area (Å²) in [6, 6.07) is 12.6. The van der Waals surface area contributed by atoms with E-state index in [1.807, 2.05) is 35.4 Å². The van der Waals surface area contributed by atoms with Gasteiger partial charge in [-0.25, -0.2) is 13.1 Å². The van der Waals surface area contributed by atoms with E-state index in [1.165, 1.54) is 29.5 Å². The van der Waals surface area contributed by atoms with Crippen molar-refractivity contribution < 1.29 is 17.7 Å². The fourth-order valence-corrected chi connectivity index (χ4v) is 5.84. The predicted octanol–water partition coefficient (Wildman–Crippen LogP) is 5.25. The standard InChI is InChI=1S/C27H34N4O4S2/c1-27(2,3)20-11-9-19(10-12-20)25-29-24(35-30-25)18-28-37(33,34)21-13-14-23(36-4)22(17-21)26(32)31-15-7-5-6-8-16-31/h9-14,17,28H,5-8,15-16,18H2,1-4H3. The van der Waals surface area contributed by atoms with Crippen molar-refractivity contribution in [1.82, 2.24) is 19.8 Å². The van der Waals surface area contributed by atoms with Crippen LogP contribution in [0.15, 0.2) is 56.8 Å². The van der Waals surface area contributed by atoms with E-state index in [4.69, 9.17) is 4.52 Å². The Morgan fingerprint density at radius 3 is 2.35 bits per heavy atom. The number of nitrogens with one attached hydrogen (secondary N) is 1. The number of thioether (sulfide) groups is 1. The van der Waals surface area contributed by atoms with Crippen molar-refractivity contribution >= 4 is 27.7 Å². The Morgan fingerprint density at radius 2 is 1.73 bits per heavy atom. The monoisotopic (exact) mass is 542 g/mol. The minimum Gasteiger partial charge on any atom is -0.339 e. The molecule has 1 aliphatic heterocycles. The molecular weight excluding hydrogens is 508 g/mol. The third-order valence-electron chi connectivity index (χ3n) is 6.50. The zero-order valence-electron chi connectivity index (χ0n) is 21.8. The highest BCUT2D eigenvalue weighted by Gasteiger charge is 2.24. The van der Waals surface area contributed by atoms with Crippen molar-refractivity contribution in [3.8, 4) is 11.4 Å². The summed E-state index contributed by atoms with van der Waals surface area (Å²) in [7, 11) is -3.91. The molecule has 1 N–H and O–H groups in total. The average molecular weight is 543 g/mol. The zero-order chi connectivity index (χ0) is 26.6. The van der Waals surface area contributed by atoms with Crippen LogP contribution in [0.25, 0.3) is 11.4 Å². The second kappa shape index (κ2) is 11.4. The zero-order valence-corrected chi connectivity index (χ0v) is 23.4. The fraction of sp³-hybridized carbons (Fsp3) is 0.444. The van der Waals surface area contributed by atoms with Gasteiger partial charge >= 0.3 is 0 Å². The van der Waals surface area contributed by atoms with E-state index < -0.39 is 10.0 Å². The summed E-state index contributed by atoms with van der Waals surface area (Å²) >= 11 is 1.43. The topological polar surface area (TPSA) is 105 Å². The van der Waals surface area contributed by atoms with Gasteiger partial charge in [0, 0.05) is 23.5 Å². The predicted molar refractivity (Wildman–Crippen MR) is 145 cm³/mol. The van der Waals surface area contributed by atoms with Crippen LogP contribution in [-0.4, -0.2) is 48.7 Å². The third-order valence-corrected chi connectivity index (χ3v) is 8.69. The average Bonchev–Trinajstić information content (AvgIpc) is 3.19. The summed E-state index contributed by atoms with van der Waals surface area (Å²) in [5.74, 6) is 0.423. The Hall–Kier alpha value is -2.69. The van der Waals surface area contributed by atoms with Crippen molar-refractivity contribution in [2.45, 2.75) is 68.2 Å². The molecule has 1 saturated heterocycles. The molecule has 4 rings (SSSR count). The largest absolute Gasteiger partial charge is 0.339 e. The van der Waals surface area contributed by atoms with Crippen molar-refractivity contribution in [3.63, 3.8) is 0 Å². The van der Waals surface area contributed by atoms with Crippen molar-refractivity contribution in [2.75, 3.05) is 19.3 Å². The molecule has 0 saturated carbocycles. The van der Waals surface area contributed by atoms with Gasteiger partial charge in [-0.2, -0.15) is 4.98 Å². The number of amides is 1. The molecule has 8 nitrogen and oxygen atoms in total. The van der Waals surface area contributed by atoms with Crippen LogP contribution in [0.1, 0.15) is 68.3 Å². The summed E-state index contributed by atoms with van der Waals surface area (Å²) in [4.78, 5) is 20.2. The van der Waals surface area contributed by atoms with Crippen LogP contribution >= 0.6 is 11.8 Å². The highest BCUT2D eigenvalue weighted by atomic mass is 32.2. The lowest BCUT2D eigenvalue weighted by Gasteiger charge is -2.22. The Balaban J connectivity index is 1.48. The summed E-state index contributed by atoms with van der Waals surface area (Å²) in [5, 5.41) is 4.00. The van der Waals surface area contributed by atoms with E-state index in [0.29, 0.717) is 24.5 Å². The summed E-state index contributed by atoms with van der Waals surface area (Å²) < 4.78 is 34.0. The molecule has 37 heavy (non-hydrogen) atoms. The van der Waals surface area contributed by atoms with Crippen molar-refractivity contribution in [3.05, 3.63) is 59.5 Å². The number of hydrogen-bond donors (Lipinski definition) is 1. The molecule has 1 aliphatic rings. The minimum atomic E-state index is -3.91. The molecule has 1 amide bonds. The molecule has 1 fully saturated rings. The highest BCUT2D eigenvalue weighted by molar-refractivity contribution is 7.98. The second-order valence-corrected chi connectivity index (χ2v) is 12.8. The number of nitrogens with zero attached hydrogens (tertiary/aromatic N) is 3. The van der Waals surface area contributed by atoms with Gasteiger partial charge in [0.25, 0.3) is 5.91 Å². The molecule has 1 aromatic heterocycles. The minimum absolute atomic E-state index is 0.0287. The van der Waals surface area contributed by atoms with E-state index >= 15 is 0 Å². The number of sulfonamides is 1. The smallest absolute Gasteiger partial charge is 0.255 e.